The Morgan fingerprint density at radius 3 is 2.39 bits per heavy atom. The van der Waals surface area contributed by atoms with Gasteiger partial charge in [0, 0.05) is 12.7 Å². The highest BCUT2D eigenvalue weighted by atomic mass is 32.2. The number of aliphatic hydroxyl groups excluding tert-OH is 1. The molecule has 0 spiro atoms. The summed E-state index contributed by atoms with van der Waals surface area (Å²) in [6.07, 6.45) is 5.16. The molecule has 2 N–H and O–H groups in total. The van der Waals surface area contributed by atoms with Crippen LogP contribution in [-0.4, -0.2) is 43.7 Å². The lowest BCUT2D eigenvalue weighted by Crippen LogP contribution is -2.42. The zero-order chi connectivity index (χ0) is 21.0. The van der Waals surface area contributed by atoms with E-state index in [0.29, 0.717) is 6.42 Å². The van der Waals surface area contributed by atoms with Gasteiger partial charge in [-0.1, -0.05) is 44.2 Å². The summed E-state index contributed by atoms with van der Waals surface area (Å²) in [5, 5.41) is 19.9. The van der Waals surface area contributed by atoms with Gasteiger partial charge in [-0.05, 0) is 25.8 Å². The van der Waals surface area contributed by atoms with Crippen LogP contribution in [0.4, 0.5) is 5.69 Å². The van der Waals surface area contributed by atoms with Crippen LogP contribution in [0.1, 0.15) is 51.9 Å². The second-order valence-electron chi connectivity index (χ2n) is 6.28. The van der Waals surface area contributed by atoms with Gasteiger partial charge in [0.05, 0.1) is 11.5 Å². The Labute approximate surface area is 165 Å². The van der Waals surface area contributed by atoms with Crippen LogP contribution < -0.4 is 4.72 Å². The van der Waals surface area contributed by atoms with Crippen molar-refractivity contribution in [1.82, 2.24) is 4.72 Å². The molecule has 0 fully saturated rings. The molecule has 0 aliphatic heterocycles. The number of rotatable bonds is 14. The Kier molecular flexibility index (Phi) is 10.6. The summed E-state index contributed by atoms with van der Waals surface area (Å²) in [6.45, 7) is 1.88. The van der Waals surface area contributed by atoms with Gasteiger partial charge in [-0.15, -0.1) is 0 Å². The fraction of sp³-hybridized carbons (Fsp3) is 0.611. The molecule has 0 aliphatic carbocycles. The molecule has 158 valence electrons. The Balaban J connectivity index is 2.80. The maximum absolute atomic E-state index is 12.6. The summed E-state index contributed by atoms with van der Waals surface area (Å²) >= 11 is 0. The number of benzene rings is 1. The smallest absolute Gasteiger partial charge is 0.324 e. The van der Waals surface area contributed by atoms with E-state index in [0.717, 1.165) is 44.2 Å². The van der Waals surface area contributed by atoms with Crippen LogP contribution in [0.15, 0.2) is 29.2 Å². The van der Waals surface area contributed by atoms with Crippen molar-refractivity contribution in [2.24, 2.45) is 0 Å². The molecule has 10 heteroatoms. The molecule has 0 aliphatic rings. The van der Waals surface area contributed by atoms with Crippen LogP contribution in [0.3, 0.4) is 0 Å². The maximum Gasteiger partial charge on any atom is 0.324 e. The summed E-state index contributed by atoms with van der Waals surface area (Å²) in [5.74, 6) is -0.704. The van der Waals surface area contributed by atoms with Gasteiger partial charge in [-0.2, -0.15) is 4.72 Å². The standard InChI is InChI=1S/C18H28N2O7S/c1-2-27-18(22)15(11-7-5-3-4-6-10-14-21)19-28(25,26)17-13-9-8-12-16(17)20(23)24/h8-9,12-13,15,19,21H,2-7,10-11,14H2,1H3/t15-/m0/s1. The Hall–Kier alpha value is -2.04. The molecule has 0 saturated heterocycles. The molecule has 28 heavy (non-hydrogen) atoms. The molecule has 0 unspecified atom stereocenters. The minimum absolute atomic E-state index is 0.101. The lowest BCUT2D eigenvalue weighted by atomic mass is 10.1. The molecule has 9 nitrogen and oxygen atoms in total. The van der Waals surface area contributed by atoms with Crippen molar-refractivity contribution in [2.45, 2.75) is 62.8 Å². The minimum Gasteiger partial charge on any atom is -0.465 e. The number of para-hydroxylation sites is 1. The summed E-state index contributed by atoms with van der Waals surface area (Å²) in [4.78, 5) is 22.0. The van der Waals surface area contributed by atoms with E-state index in [1.54, 1.807) is 6.92 Å². The molecule has 1 rings (SSSR count). The van der Waals surface area contributed by atoms with E-state index >= 15 is 0 Å². The van der Waals surface area contributed by atoms with Crippen LogP contribution in [0.2, 0.25) is 0 Å². The molecular weight excluding hydrogens is 388 g/mol. The molecule has 0 aromatic heterocycles. The number of carbonyl (C=O) groups excluding carboxylic acids is 1. The number of nitrogens with zero attached hydrogens (tertiary/aromatic N) is 1. The van der Waals surface area contributed by atoms with E-state index in [1.807, 2.05) is 0 Å². The van der Waals surface area contributed by atoms with E-state index in [-0.39, 0.29) is 19.6 Å². The average Bonchev–Trinajstić information content (AvgIpc) is 2.66. The zero-order valence-corrected chi connectivity index (χ0v) is 16.8. The number of nitro groups is 1. The topological polar surface area (TPSA) is 136 Å². The Morgan fingerprint density at radius 2 is 1.79 bits per heavy atom. The third-order valence-electron chi connectivity index (χ3n) is 4.12. The predicted molar refractivity (Wildman–Crippen MR) is 103 cm³/mol. The highest BCUT2D eigenvalue weighted by Crippen LogP contribution is 2.23. The number of nitrogens with one attached hydrogen (secondary N) is 1. The molecule has 1 aromatic carbocycles. The molecule has 1 aromatic rings. The van der Waals surface area contributed by atoms with E-state index in [9.17, 15) is 23.3 Å². The predicted octanol–water partition coefficient (Wildman–Crippen LogP) is 2.53. The summed E-state index contributed by atoms with van der Waals surface area (Å²) in [7, 11) is -4.27. The van der Waals surface area contributed by atoms with Gasteiger partial charge in [-0.25, -0.2) is 8.42 Å². The van der Waals surface area contributed by atoms with Crippen LogP contribution in [0.25, 0.3) is 0 Å². The molecule has 0 amide bonds. The van der Waals surface area contributed by atoms with Crippen molar-refractivity contribution in [1.29, 1.82) is 0 Å². The number of carbonyl (C=O) groups is 1. The molecule has 0 radical (unpaired) electrons. The first-order chi connectivity index (χ1) is 13.3. The maximum atomic E-state index is 12.6. The number of ether oxygens (including phenoxy) is 1. The summed E-state index contributed by atoms with van der Waals surface area (Å²) < 4.78 is 32.5. The second-order valence-corrected chi connectivity index (χ2v) is 7.97. The lowest BCUT2D eigenvalue weighted by Gasteiger charge is -2.17. The molecule has 0 bridgehead atoms. The van der Waals surface area contributed by atoms with Gasteiger partial charge in [0.15, 0.2) is 4.90 Å². The van der Waals surface area contributed by atoms with Crippen LogP contribution in [0, 0.1) is 10.1 Å². The lowest BCUT2D eigenvalue weighted by molar-refractivity contribution is -0.387. The van der Waals surface area contributed by atoms with Gasteiger partial charge in [0.25, 0.3) is 5.69 Å². The van der Waals surface area contributed by atoms with E-state index < -0.39 is 37.5 Å². The number of unbranched alkanes of at least 4 members (excludes halogenated alkanes) is 5. The SMILES string of the molecule is CCOC(=O)[C@H](CCCCCCCCO)NS(=O)(=O)c1ccccc1[N+](=O)[O-]. The van der Waals surface area contributed by atoms with Crippen molar-refractivity contribution < 1.29 is 28.0 Å². The van der Waals surface area contributed by atoms with Gasteiger partial charge in [-0.3, -0.25) is 14.9 Å². The second kappa shape index (κ2) is 12.4. The number of hydrogen-bond donors (Lipinski definition) is 2. The quantitative estimate of drug-likeness (QED) is 0.206. The van der Waals surface area contributed by atoms with Gasteiger partial charge < -0.3 is 9.84 Å². The fourth-order valence-electron chi connectivity index (χ4n) is 2.72. The number of esters is 1. The highest BCUT2D eigenvalue weighted by molar-refractivity contribution is 7.89. The van der Waals surface area contributed by atoms with Crippen molar-refractivity contribution in [3.8, 4) is 0 Å². The van der Waals surface area contributed by atoms with Crippen molar-refractivity contribution in [3.05, 3.63) is 34.4 Å². The highest BCUT2D eigenvalue weighted by Gasteiger charge is 2.31. The van der Waals surface area contributed by atoms with Gasteiger partial charge in [0.1, 0.15) is 6.04 Å². The first-order valence-corrected chi connectivity index (χ1v) is 10.8. The number of nitro benzene ring substituents is 1. The normalized spacial score (nSPS) is 12.5. The molecular formula is C18H28N2O7S. The van der Waals surface area contributed by atoms with Gasteiger partial charge >= 0.3 is 5.97 Å². The minimum atomic E-state index is -4.27. The average molecular weight is 416 g/mol. The number of hydrogen-bond acceptors (Lipinski definition) is 7. The Morgan fingerprint density at radius 1 is 1.18 bits per heavy atom. The Bertz CT molecular complexity index is 737. The first kappa shape index (κ1) is 24.0. The van der Waals surface area contributed by atoms with Crippen molar-refractivity contribution in [3.63, 3.8) is 0 Å². The third kappa shape index (κ3) is 7.91. The molecule has 0 saturated carbocycles. The van der Waals surface area contributed by atoms with E-state index in [1.165, 1.54) is 12.1 Å². The first-order valence-electron chi connectivity index (χ1n) is 9.36. The van der Waals surface area contributed by atoms with Crippen LogP contribution in [-0.2, 0) is 19.6 Å². The van der Waals surface area contributed by atoms with Crippen molar-refractivity contribution in [2.75, 3.05) is 13.2 Å². The summed E-state index contributed by atoms with van der Waals surface area (Å²) in [6, 6.07) is 3.87. The molecule has 0 heterocycles. The van der Waals surface area contributed by atoms with E-state index in [2.05, 4.69) is 4.72 Å². The largest absolute Gasteiger partial charge is 0.465 e. The summed E-state index contributed by atoms with van der Waals surface area (Å²) in [5.41, 5.74) is -0.554. The van der Waals surface area contributed by atoms with Gasteiger partial charge in [0.2, 0.25) is 10.0 Å². The molecule has 1 atom stereocenters. The zero-order valence-electron chi connectivity index (χ0n) is 16.0. The van der Waals surface area contributed by atoms with Crippen molar-refractivity contribution >= 4 is 21.7 Å². The van der Waals surface area contributed by atoms with Crippen LogP contribution >= 0.6 is 0 Å². The fourth-order valence-corrected chi connectivity index (χ4v) is 4.11. The van der Waals surface area contributed by atoms with E-state index in [4.69, 9.17) is 9.84 Å². The number of aliphatic hydroxyl groups is 1. The number of sulfonamides is 1. The third-order valence-corrected chi connectivity index (χ3v) is 5.64. The monoisotopic (exact) mass is 416 g/mol. The van der Waals surface area contributed by atoms with Crippen LogP contribution in [0.5, 0.6) is 0 Å².